The lowest BCUT2D eigenvalue weighted by Crippen LogP contribution is -2.47. The summed E-state index contributed by atoms with van der Waals surface area (Å²) in [7, 11) is 0. The molecule has 0 aromatic heterocycles. The van der Waals surface area contributed by atoms with Crippen molar-refractivity contribution in [2.24, 2.45) is 0 Å². The summed E-state index contributed by atoms with van der Waals surface area (Å²) in [5.41, 5.74) is 1.35. The van der Waals surface area contributed by atoms with Crippen molar-refractivity contribution >= 4 is 28.6 Å². The number of nitrogens with one attached hydrogen (secondary N) is 1. The van der Waals surface area contributed by atoms with E-state index in [0.717, 1.165) is 35.0 Å². The molecule has 0 aliphatic carbocycles. The Morgan fingerprint density at radius 2 is 1.94 bits per heavy atom. The van der Waals surface area contributed by atoms with Crippen LogP contribution in [0.25, 0.3) is 10.8 Å². The van der Waals surface area contributed by atoms with Crippen LogP contribution in [0.3, 0.4) is 0 Å². The number of piperidine rings is 1. The number of nitrogens with zero attached hydrogens (tertiary/aromatic N) is 1. The molecule has 3 fully saturated rings. The molecule has 5 rings (SSSR count). The van der Waals surface area contributed by atoms with E-state index < -0.39 is 29.6 Å². The molecule has 3 atom stereocenters. The highest BCUT2D eigenvalue weighted by atomic mass is 16.6. The van der Waals surface area contributed by atoms with Gasteiger partial charge in [0.1, 0.15) is 11.3 Å². The number of epoxide rings is 1. The lowest BCUT2D eigenvalue weighted by Gasteiger charge is -2.22. The zero-order valence-corrected chi connectivity index (χ0v) is 19.6. The molecule has 0 spiro atoms. The first-order chi connectivity index (χ1) is 16.3. The van der Waals surface area contributed by atoms with Gasteiger partial charge in [0.05, 0.1) is 18.8 Å². The maximum Gasteiger partial charge on any atom is 0.356 e. The van der Waals surface area contributed by atoms with Crippen molar-refractivity contribution in [3.63, 3.8) is 0 Å². The summed E-state index contributed by atoms with van der Waals surface area (Å²) in [6.45, 7) is 6.73. The number of hydrogen-bond donors (Lipinski definition) is 1. The topological polar surface area (TPSA) is 97.2 Å². The van der Waals surface area contributed by atoms with Crippen LogP contribution in [0, 0.1) is 6.92 Å². The maximum atomic E-state index is 13.4. The Kier molecular flexibility index (Phi) is 5.56. The van der Waals surface area contributed by atoms with E-state index in [4.69, 9.17) is 14.2 Å². The Morgan fingerprint density at radius 3 is 2.59 bits per heavy atom. The summed E-state index contributed by atoms with van der Waals surface area (Å²) < 4.78 is 16.4. The predicted molar refractivity (Wildman–Crippen MR) is 124 cm³/mol. The third-order valence-electron chi connectivity index (χ3n) is 6.77. The minimum absolute atomic E-state index is 0.123. The van der Waals surface area contributed by atoms with E-state index in [1.807, 2.05) is 31.2 Å². The molecule has 2 aromatic rings. The molecule has 0 bridgehead atoms. The van der Waals surface area contributed by atoms with Crippen LogP contribution in [0.1, 0.15) is 42.6 Å². The molecule has 8 nitrogen and oxygen atoms in total. The summed E-state index contributed by atoms with van der Waals surface area (Å²) in [4.78, 5) is 41.4. The number of carbonyl (C=O) groups is 3. The molecular formula is C26H28N2O6. The van der Waals surface area contributed by atoms with Gasteiger partial charge in [0.15, 0.2) is 0 Å². The van der Waals surface area contributed by atoms with Crippen molar-refractivity contribution in [3.8, 4) is 0 Å². The SMILES string of the molecule is CCOC(=O)/C(NC(=O)[C@@H](OC(=O)c1cccc2c(C)cccc12)[C@]1(C)CO1)=C1/CC[C@@H]2CN12. The normalized spacial score (nSPS) is 24.8. The Morgan fingerprint density at radius 1 is 1.21 bits per heavy atom. The molecule has 1 N–H and O–H groups in total. The first kappa shape index (κ1) is 22.4. The van der Waals surface area contributed by atoms with E-state index in [1.54, 1.807) is 26.0 Å². The molecular weight excluding hydrogens is 436 g/mol. The Bertz CT molecular complexity index is 1210. The van der Waals surface area contributed by atoms with Crippen LogP contribution >= 0.6 is 0 Å². The third kappa shape index (κ3) is 4.03. The monoisotopic (exact) mass is 464 g/mol. The van der Waals surface area contributed by atoms with E-state index in [-0.39, 0.29) is 18.9 Å². The molecule has 3 aliphatic rings. The summed E-state index contributed by atoms with van der Waals surface area (Å²) in [6, 6.07) is 11.5. The Hall–Kier alpha value is -3.39. The molecule has 3 heterocycles. The van der Waals surface area contributed by atoms with Gasteiger partial charge in [0.25, 0.3) is 5.91 Å². The highest BCUT2D eigenvalue weighted by Crippen LogP contribution is 2.40. The molecule has 3 aliphatic heterocycles. The van der Waals surface area contributed by atoms with E-state index in [1.165, 1.54) is 0 Å². The van der Waals surface area contributed by atoms with Crippen LogP contribution in [-0.4, -0.2) is 60.3 Å². The fourth-order valence-electron chi connectivity index (χ4n) is 4.64. The lowest BCUT2D eigenvalue weighted by molar-refractivity contribution is -0.141. The second-order valence-electron chi connectivity index (χ2n) is 9.24. The second-order valence-corrected chi connectivity index (χ2v) is 9.24. The van der Waals surface area contributed by atoms with Gasteiger partial charge >= 0.3 is 11.9 Å². The third-order valence-corrected chi connectivity index (χ3v) is 6.77. The van der Waals surface area contributed by atoms with Gasteiger partial charge in [-0.2, -0.15) is 0 Å². The second kappa shape index (κ2) is 8.43. The Balaban J connectivity index is 1.41. The van der Waals surface area contributed by atoms with Crippen LogP contribution < -0.4 is 5.32 Å². The number of hydrogen-bond acceptors (Lipinski definition) is 7. The largest absolute Gasteiger partial charge is 0.461 e. The zero-order valence-electron chi connectivity index (χ0n) is 19.6. The summed E-state index contributed by atoms with van der Waals surface area (Å²) in [6.07, 6.45) is 0.400. The molecule has 1 amide bonds. The van der Waals surface area contributed by atoms with Gasteiger partial charge in [-0.25, -0.2) is 9.59 Å². The van der Waals surface area contributed by atoms with Gasteiger partial charge < -0.3 is 24.4 Å². The smallest absolute Gasteiger partial charge is 0.356 e. The average molecular weight is 465 g/mol. The van der Waals surface area contributed by atoms with Gasteiger partial charge in [0, 0.05) is 18.3 Å². The van der Waals surface area contributed by atoms with Crippen molar-refractivity contribution in [3.05, 3.63) is 58.9 Å². The first-order valence-corrected chi connectivity index (χ1v) is 11.6. The van der Waals surface area contributed by atoms with Crippen LogP contribution in [0.5, 0.6) is 0 Å². The minimum atomic E-state index is -1.23. The maximum absolute atomic E-state index is 13.4. The lowest BCUT2D eigenvalue weighted by atomic mass is 10.0. The number of allylic oxidation sites excluding steroid dienone is 1. The summed E-state index contributed by atoms with van der Waals surface area (Å²) >= 11 is 0. The highest BCUT2D eigenvalue weighted by Gasteiger charge is 2.54. The number of ether oxygens (including phenoxy) is 3. The molecule has 0 unspecified atom stereocenters. The van der Waals surface area contributed by atoms with Gasteiger partial charge in [-0.15, -0.1) is 0 Å². The quantitative estimate of drug-likeness (QED) is 0.382. The molecule has 178 valence electrons. The van der Waals surface area contributed by atoms with Gasteiger partial charge in [-0.1, -0.05) is 30.3 Å². The van der Waals surface area contributed by atoms with E-state index in [0.29, 0.717) is 18.0 Å². The van der Waals surface area contributed by atoms with Crippen molar-refractivity contribution in [2.75, 3.05) is 19.8 Å². The van der Waals surface area contributed by atoms with E-state index in [9.17, 15) is 14.4 Å². The van der Waals surface area contributed by atoms with Crippen LogP contribution in [-0.2, 0) is 23.8 Å². The number of carbonyl (C=O) groups excluding carboxylic acids is 3. The zero-order chi connectivity index (χ0) is 24.0. The fourth-order valence-corrected chi connectivity index (χ4v) is 4.64. The predicted octanol–water partition coefficient (Wildman–Crippen LogP) is 2.83. The van der Waals surface area contributed by atoms with Crippen LogP contribution in [0.2, 0.25) is 0 Å². The van der Waals surface area contributed by atoms with Crippen molar-refractivity contribution in [1.82, 2.24) is 10.2 Å². The number of rotatable bonds is 7. The standard InChI is InChI=1S/C26H28N2O6/c1-4-32-25(31)21(20-12-11-16-13-28(16)20)27-23(29)22(26(3)14-33-26)34-24(30)19-10-6-8-17-15(2)7-5-9-18(17)19/h5-10,16,22H,4,11-14H2,1-3H3,(H,27,29)/b21-20+/t16-,22-,26+,28?/m1/s1. The molecule has 0 saturated carbocycles. The number of esters is 2. The van der Waals surface area contributed by atoms with Crippen molar-refractivity contribution in [1.29, 1.82) is 0 Å². The van der Waals surface area contributed by atoms with E-state index in [2.05, 4.69) is 10.2 Å². The van der Waals surface area contributed by atoms with E-state index >= 15 is 0 Å². The molecule has 2 aromatic carbocycles. The number of benzene rings is 2. The van der Waals surface area contributed by atoms with Gasteiger partial charge in [-0.05, 0) is 56.0 Å². The van der Waals surface area contributed by atoms with Gasteiger partial charge in [0.2, 0.25) is 6.10 Å². The molecule has 34 heavy (non-hydrogen) atoms. The first-order valence-electron chi connectivity index (χ1n) is 11.6. The van der Waals surface area contributed by atoms with Crippen molar-refractivity contribution < 1.29 is 28.6 Å². The molecule has 0 radical (unpaired) electrons. The van der Waals surface area contributed by atoms with Crippen molar-refractivity contribution in [2.45, 2.75) is 51.4 Å². The highest BCUT2D eigenvalue weighted by molar-refractivity contribution is 6.06. The number of amides is 1. The van der Waals surface area contributed by atoms with Crippen LogP contribution in [0.4, 0.5) is 0 Å². The van der Waals surface area contributed by atoms with Gasteiger partial charge in [-0.3, -0.25) is 4.79 Å². The summed E-state index contributed by atoms with van der Waals surface area (Å²) in [5.74, 6) is -1.81. The summed E-state index contributed by atoms with van der Waals surface area (Å²) in [5, 5.41) is 4.41. The van der Waals surface area contributed by atoms with Crippen LogP contribution in [0.15, 0.2) is 47.8 Å². The molecule has 8 heteroatoms. The average Bonchev–Trinajstić information content (AvgIpc) is 3.73. The minimum Gasteiger partial charge on any atom is -0.461 e. The molecule has 3 saturated heterocycles. The fraction of sp³-hybridized carbons (Fsp3) is 0.423. The Labute approximate surface area is 197 Å². The number of aryl methyl sites for hydroxylation is 1. The number of fused-ring (bicyclic) bond motifs is 2.